The first-order valence-electron chi connectivity index (χ1n) is 7.00. The summed E-state index contributed by atoms with van der Waals surface area (Å²) in [5.41, 5.74) is 4.68. The van der Waals surface area contributed by atoms with Crippen molar-refractivity contribution in [3.63, 3.8) is 0 Å². The fourth-order valence-corrected chi connectivity index (χ4v) is 3.98. The van der Waals surface area contributed by atoms with Crippen LogP contribution in [0.1, 0.15) is 30.4 Å². The number of rotatable bonds is 1. The zero-order chi connectivity index (χ0) is 11.2. The number of benzene rings is 1. The molecule has 0 amide bonds. The highest BCUT2D eigenvalue weighted by molar-refractivity contribution is 5.59. The van der Waals surface area contributed by atoms with Crippen molar-refractivity contribution in [1.29, 1.82) is 0 Å². The van der Waals surface area contributed by atoms with Crippen LogP contribution in [0.4, 0.5) is 5.69 Å². The van der Waals surface area contributed by atoms with Crippen LogP contribution in [0.2, 0.25) is 0 Å². The fraction of sp³-hybridized carbons (Fsp3) is 0.600. The minimum atomic E-state index is 0.841. The average Bonchev–Trinajstić information content (AvgIpc) is 3.00. The Hall–Kier alpha value is -1.02. The molecule has 2 bridgehead atoms. The van der Waals surface area contributed by atoms with Crippen LogP contribution in [0.15, 0.2) is 18.2 Å². The van der Waals surface area contributed by atoms with Crippen molar-refractivity contribution in [3.05, 3.63) is 29.3 Å². The average molecular weight is 228 g/mol. The molecule has 1 saturated heterocycles. The van der Waals surface area contributed by atoms with E-state index < -0.39 is 0 Å². The SMILES string of the molecule is c1cc2c(c(N3CC4CCC3C4)c1)CNCC2. The minimum Gasteiger partial charge on any atom is -0.368 e. The monoisotopic (exact) mass is 228 g/mol. The van der Waals surface area contributed by atoms with Gasteiger partial charge in [-0.2, -0.15) is 0 Å². The highest BCUT2D eigenvalue weighted by atomic mass is 15.2. The van der Waals surface area contributed by atoms with E-state index >= 15 is 0 Å². The van der Waals surface area contributed by atoms with Crippen molar-refractivity contribution in [1.82, 2.24) is 5.32 Å². The lowest BCUT2D eigenvalue weighted by Crippen LogP contribution is -2.34. The van der Waals surface area contributed by atoms with E-state index in [-0.39, 0.29) is 0 Å². The van der Waals surface area contributed by atoms with Crippen LogP contribution in [0.25, 0.3) is 0 Å². The van der Waals surface area contributed by atoms with Crippen LogP contribution in [-0.4, -0.2) is 19.1 Å². The largest absolute Gasteiger partial charge is 0.368 e. The fourth-order valence-electron chi connectivity index (χ4n) is 3.98. The van der Waals surface area contributed by atoms with Crippen molar-refractivity contribution < 1.29 is 0 Å². The summed E-state index contributed by atoms with van der Waals surface area (Å²) < 4.78 is 0. The standard InChI is InChI=1S/C15H20N2/c1-2-12-6-7-16-9-14(12)15(3-1)17-10-11-4-5-13(17)8-11/h1-3,11,13,16H,4-10H2. The Morgan fingerprint density at radius 1 is 1.24 bits per heavy atom. The molecule has 2 heterocycles. The van der Waals surface area contributed by atoms with Gasteiger partial charge in [-0.05, 0) is 55.3 Å². The topological polar surface area (TPSA) is 15.3 Å². The Bertz CT molecular complexity index is 441. The summed E-state index contributed by atoms with van der Waals surface area (Å²) in [6.45, 7) is 3.52. The van der Waals surface area contributed by atoms with Gasteiger partial charge >= 0.3 is 0 Å². The van der Waals surface area contributed by atoms with Gasteiger partial charge in [0.2, 0.25) is 0 Å². The first kappa shape index (κ1) is 9.95. The van der Waals surface area contributed by atoms with Crippen LogP contribution in [-0.2, 0) is 13.0 Å². The van der Waals surface area contributed by atoms with Gasteiger partial charge < -0.3 is 10.2 Å². The molecule has 1 saturated carbocycles. The lowest BCUT2D eigenvalue weighted by molar-refractivity contribution is 0.549. The molecule has 90 valence electrons. The Kier molecular flexibility index (Phi) is 2.19. The highest BCUT2D eigenvalue weighted by Crippen LogP contribution is 2.42. The van der Waals surface area contributed by atoms with Crippen molar-refractivity contribution in [2.75, 3.05) is 18.0 Å². The molecule has 1 N–H and O–H groups in total. The third-order valence-corrected chi connectivity index (χ3v) is 4.84. The van der Waals surface area contributed by atoms with Gasteiger partial charge in [0.1, 0.15) is 0 Å². The molecule has 4 rings (SSSR count). The lowest BCUT2D eigenvalue weighted by Gasteiger charge is -2.33. The Balaban J connectivity index is 1.73. The van der Waals surface area contributed by atoms with Crippen molar-refractivity contribution in [3.8, 4) is 0 Å². The molecular weight excluding hydrogens is 208 g/mol. The second-order valence-corrected chi connectivity index (χ2v) is 5.83. The molecule has 1 aromatic carbocycles. The molecule has 1 aliphatic carbocycles. The second-order valence-electron chi connectivity index (χ2n) is 5.83. The Morgan fingerprint density at radius 2 is 2.24 bits per heavy atom. The van der Waals surface area contributed by atoms with Gasteiger partial charge in [0.15, 0.2) is 0 Å². The van der Waals surface area contributed by atoms with Gasteiger partial charge in [-0.25, -0.2) is 0 Å². The molecule has 0 radical (unpaired) electrons. The second kappa shape index (κ2) is 3.74. The first-order valence-corrected chi connectivity index (χ1v) is 7.00. The van der Waals surface area contributed by atoms with Gasteiger partial charge in [-0.3, -0.25) is 0 Å². The zero-order valence-corrected chi connectivity index (χ0v) is 10.3. The summed E-state index contributed by atoms with van der Waals surface area (Å²) in [5, 5.41) is 3.52. The third-order valence-electron chi connectivity index (χ3n) is 4.84. The van der Waals surface area contributed by atoms with Crippen LogP contribution in [0, 0.1) is 5.92 Å². The predicted octanol–water partition coefficient (Wildman–Crippen LogP) is 2.32. The van der Waals surface area contributed by atoms with E-state index in [0.29, 0.717) is 0 Å². The third kappa shape index (κ3) is 1.50. The molecule has 2 aliphatic heterocycles. The van der Waals surface area contributed by atoms with E-state index in [4.69, 9.17) is 0 Å². The number of nitrogens with one attached hydrogen (secondary N) is 1. The molecule has 2 fully saturated rings. The summed E-state index contributed by atoms with van der Waals surface area (Å²) in [5.74, 6) is 0.979. The maximum atomic E-state index is 3.52. The van der Waals surface area contributed by atoms with Gasteiger partial charge in [0.25, 0.3) is 0 Å². The quantitative estimate of drug-likeness (QED) is 0.793. The van der Waals surface area contributed by atoms with Crippen molar-refractivity contribution in [2.45, 2.75) is 38.3 Å². The summed E-state index contributed by atoms with van der Waals surface area (Å²) in [6.07, 6.45) is 5.53. The molecule has 1 aromatic rings. The van der Waals surface area contributed by atoms with Gasteiger partial charge in [-0.15, -0.1) is 0 Å². The van der Waals surface area contributed by atoms with Crippen LogP contribution in [0.5, 0.6) is 0 Å². The van der Waals surface area contributed by atoms with E-state index in [0.717, 1.165) is 25.0 Å². The predicted molar refractivity (Wildman–Crippen MR) is 70.3 cm³/mol. The van der Waals surface area contributed by atoms with Crippen LogP contribution < -0.4 is 10.2 Å². The zero-order valence-electron chi connectivity index (χ0n) is 10.3. The lowest BCUT2D eigenvalue weighted by atomic mass is 9.97. The molecule has 3 aliphatic rings. The Labute approximate surface area is 103 Å². The number of anilines is 1. The number of nitrogens with zero attached hydrogens (tertiary/aromatic N) is 1. The van der Waals surface area contributed by atoms with Crippen LogP contribution >= 0.6 is 0 Å². The van der Waals surface area contributed by atoms with E-state index in [1.165, 1.54) is 37.9 Å². The molecule has 2 nitrogen and oxygen atoms in total. The van der Waals surface area contributed by atoms with Gasteiger partial charge in [-0.1, -0.05) is 12.1 Å². The molecule has 0 spiro atoms. The van der Waals surface area contributed by atoms with Crippen LogP contribution in [0.3, 0.4) is 0 Å². The number of fused-ring (bicyclic) bond motifs is 3. The molecular formula is C15H20N2. The normalized spacial score (nSPS) is 30.7. The molecule has 0 aromatic heterocycles. The molecule has 2 unspecified atom stereocenters. The summed E-state index contributed by atoms with van der Waals surface area (Å²) in [4.78, 5) is 2.69. The first-order chi connectivity index (χ1) is 8.42. The summed E-state index contributed by atoms with van der Waals surface area (Å²) in [7, 11) is 0. The maximum absolute atomic E-state index is 3.52. The van der Waals surface area contributed by atoms with Gasteiger partial charge in [0.05, 0.1) is 0 Å². The highest BCUT2D eigenvalue weighted by Gasteiger charge is 2.38. The summed E-state index contributed by atoms with van der Waals surface area (Å²) >= 11 is 0. The smallest absolute Gasteiger partial charge is 0.0417 e. The van der Waals surface area contributed by atoms with E-state index in [1.807, 2.05) is 0 Å². The maximum Gasteiger partial charge on any atom is 0.0417 e. The number of hydrogen-bond donors (Lipinski definition) is 1. The minimum absolute atomic E-state index is 0.841. The van der Waals surface area contributed by atoms with Crippen molar-refractivity contribution >= 4 is 5.69 Å². The van der Waals surface area contributed by atoms with Gasteiger partial charge in [0, 0.05) is 24.8 Å². The molecule has 2 atom stereocenters. The van der Waals surface area contributed by atoms with Crippen molar-refractivity contribution in [2.24, 2.45) is 5.92 Å². The Morgan fingerprint density at radius 3 is 3.06 bits per heavy atom. The number of piperidine rings is 1. The molecule has 17 heavy (non-hydrogen) atoms. The number of hydrogen-bond acceptors (Lipinski definition) is 2. The van der Waals surface area contributed by atoms with E-state index in [9.17, 15) is 0 Å². The van der Waals surface area contributed by atoms with E-state index in [2.05, 4.69) is 28.4 Å². The summed E-state index contributed by atoms with van der Waals surface area (Å²) in [6, 6.07) is 7.75. The van der Waals surface area contributed by atoms with E-state index in [1.54, 1.807) is 11.1 Å². The molecule has 2 heteroatoms.